The van der Waals surface area contributed by atoms with E-state index < -0.39 is 23.9 Å². The van der Waals surface area contributed by atoms with Gasteiger partial charge >= 0.3 is 6.18 Å². The maximum atomic E-state index is 12.9. The summed E-state index contributed by atoms with van der Waals surface area (Å²) in [6.07, 6.45) is -3.41. The van der Waals surface area contributed by atoms with E-state index in [4.69, 9.17) is 0 Å². The number of hydrogen-bond donors (Lipinski definition) is 2. The van der Waals surface area contributed by atoms with E-state index in [2.05, 4.69) is 20.6 Å². The lowest BCUT2D eigenvalue weighted by molar-refractivity contribution is -0.185. The van der Waals surface area contributed by atoms with Crippen LogP contribution in [0.3, 0.4) is 0 Å². The maximum Gasteiger partial charge on any atom is 0.391 e. The van der Waals surface area contributed by atoms with Crippen LogP contribution in [-0.4, -0.2) is 32.1 Å². The number of nitrogens with one attached hydrogen (secondary N) is 2. The number of aromatic amines is 1. The molecule has 126 valence electrons. The molecule has 0 aromatic carbocycles. The van der Waals surface area contributed by atoms with Gasteiger partial charge in [-0.2, -0.15) is 23.4 Å². The number of alkyl halides is 3. The SMILES string of the molecule is Cc1nn(C)c2n[nH]c(NC(=O)[C@@H]3CCC[C@H](C(F)(F)F)C3)c12. The second-order valence-corrected chi connectivity index (χ2v) is 6.10. The predicted octanol–water partition coefficient (Wildman–Crippen LogP) is 2.91. The number of rotatable bonds is 2. The Bertz CT molecular complexity index is 733. The second-order valence-electron chi connectivity index (χ2n) is 6.10. The second kappa shape index (κ2) is 5.54. The molecular formula is C14H18F3N5O. The molecule has 0 spiro atoms. The zero-order valence-electron chi connectivity index (χ0n) is 12.9. The minimum absolute atomic E-state index is 0.100. The molecule has 0 radical (unpaired) electrons. The van der Waals surface area contributed by atoms with E-state index in [-0.39, 0.29) is 12.8 Å². The summed E-state index contributed by atoms with van der Waals surface area (Å²) < 4.78 is 40.2. The van der Waals surface area contributed by atoms with Crippen LogP contribution >= 0.6 is 0 Å². The van der Waals surface area contributed by atoms with Gasteiger partial charge in [0, 0.05) is 13.0 Å². The Kier molecular flexibility index (Phi) is 3.81. The third kappa shape index (κ3) is 2.91. The molecule has 1 aliphatic rings. The molecule has 2 N–H and O–H groups in total. The molecule has 2 aromatic rings. The molecule has 0 saturated heterocycles. The third-order valence-corrected chi connectivity index (χ3v) is 4.47. The molecule has 1 aliphatic carbocycles. The summed E-state index contributed by atoms with van der Waals surface area (Å²) in [5.74, 6) is -2.03. The molecule has 1 amide bonds. The van der Waals surface area contributed by atoms with E-state index in [0.717, 1.165) is 0 Å². The van der Waals surface area contributed by atoms with Crippen molar-refractivity contribution in [3.05, 3.63) is 5.69 Å². The Morgan fingerprint density at radius 1 is 1.39 bits per heavy atom. The van der Waals surface area contributed by atoms with Crippen LogP contribution < -0.4 is 5.32 Å². The topological polar surface area (TPSA) is 75.6 Å². The number of amides is 1. The van der Waals surface area contributed by atoms with Gasteiger partial charge in [0.25, 0.3) is 0 Å². The number of anilines is 1. The maximum absolute atomic E-state index is 12.9. The van der Waals surface area contributed by atoms with Crippen molar-refractivity contribution in [2.75, 3.05) is 5.32 Å². The summed E-state index contributed by atoms with van der Waals surface area (Å²) in [5.41, 5.74) is 1.29. The van der Waals surface area contributed by atoms with Gasteiger partial charge in [-0.25, -0.2) is 4.68 Å². The van der Waals surface area contributed by atoms with Gasteiger partial charge in [0.15, 0.2) is 5.65 Å². The van der Waals surface area contributed by atoms with Crippen molar-refractivity contribution < 1.29 is 18.0 Å². The Labute approximate surface area is 130 Å². The Hall–Kier alpha value is -2.06. The highest BCUT2D eigenvalue weighted by Gasteiger charge is 2.43. The normalized spacial score (nSPS) is 22.5. The van der Waals surface area contributed by atoms with Crippen LogP contribution in [0.4, 0.5) is 19.0 Å². The van der Waals surface area contributed by atoms with Crippen LogP contribution in [0, 0.1) is 18.8 Å². The minimum atomic E-state index is -4.24. The van der Waals surface area contributed by atoms with E-state index in [1.54, 1.807) is 18.7 Å². The lowest BCUT2D eigenvalue weighted by Crippen LogP contribution is -2.34. The van der Waals surface area contributed by atoms with Gasteiger partial charge in [-0.05, 0) is 26.2 Å². The first-order chi connectivity index (χ1) is 10.8. The van der Waals surface area contributed by atoms with Gasteiger partial charge in [0.05, 0.1) is 17.0 Å². The van der Waals surface area contributed by atoms with Gasteiger partial charge in [-0.3, -0.25) is 9.89 Å². The number of nitrogens with zero attached hydrogens (tertiary/aromatic N) is 3. The number of aryl methyl sites for hydroxylation is 2. The largest absolute Gasteiger partial charge is 0.391 e. The molecule has 0 aliphatic heterocycles. The van der Waals surface area contributed by atoms with Crippen molar-refractivity contribution in [2.24, 2.45) is 18.9 Å². The van der Waals surface area contributed by atoms with Crippen molar-refractivity contribution >= 4 is 22.8 Å². The molecule has 2 atom stereocenters. The van der Waals surface area contributed by atoms with Crippen LogP contribution in [0.5, 0.6) is 0 Å². The molecule has 6 nitrogen and oxygen atoms in total. The molecule has 0 bridgehead atoms. The van der Waals surface area contributed by atoms with E-state index in [1.807, 2.05) is 0 Å². The molecule has 1 fully saturated rings. The van der Waals surface area contributed by atoms with Crippen LogP contribution in [0.1, 0.15) is 31.4 Å². The number of carbonyl (C=O) groups is 1. The fourth-order valence-corrected chi connectivity index (χ4v) is 3.27. The Morgan fingerprint density at radius 2 is 2.13 bits per heavy atom. The summed E-state index contributed by atoms with van der Waals surface area (Å²) in [6.45, 7) is 1.79. The van der Waals surface area contributed by atoms with Gasteiger partial charge in [-0.1, -0.05) is 6.42 Å². The summed E-state index contributed by atoms with van der Waals surface area (Å²) in [5, 5.41) is 14.4. The van der Waals surface area contributed by atoms with Crippen molar-refractivity contribution in [3.8, 4) is 0 Å². The summed E-state index contributed by atoms with van der Waals surface area (Å²) in [4.78, 5) is 12.3. The molecule has 2 aromatic heterocycles. The molecular weight excluding hydrogens is 311 g/mol. The zero-order valence-corrected chi connectivity index (χ0v) is 12.9. The van der Waals surface area contributed by atoms with E-state index in [0.29, 0.717) is 35.4 Å². The van der Waals surface area contributed by atoms with Crippen LogP contribution in [-0.2, 0) is 11.8 Å². The number of halogens is 3. The van der Waals surface area contributed by atoms with Crippen molar-refractivity contribution in [1.82, 2.24) is 20.0 Å². The highest BCUT2D eigenvalue weighted by Crippen LogP contribution is 2.40. The van der Waals surface area contributed by atoms with Gasteiger partial charge in [0.2, 0.25) is 5.91 Å². The predicted molar refractivity (Wildman–Crippen MR) is 77.7 cm³/mol. The first-order valence-electron chi connectivity index (χ1n) is 7.52. The first-order valence-corrected chi connectivity index (χ1v) is 7.52. The fourth-order valence-electron chi connectivity index (χ4n) is 3.27. The molecule has 2 heterocycles. The monoisotopic (exact) mass is 329 g/mol. The third-order valence-electron chi connectivity index (χ3n) is 4.47. The highest BCUT2D eigenvalue weighted by atomic mass is 19.4. The number of aromatic nitrogens is 4. The molecule has 9 heteroatoms. The summed E-state index contributed by atoms with van der Waals surface area (Å²) in [7, 11) is 1.73. The van der Waals surface area contributed by atoms with Crippen molar-refractivity contribution in [2.45, 2.75) is 38.8 Å². The minimum Gasteiger partial charge on any atom is -0.310 e. The van der Waals surface area contributed by atoms with Gasteiger partial charge < -0.3 is 5.32 Å². The number of hydrogen-bond acceptors (Lipinski definition) is 3. The van der Waals surface area contributed by atoms with Crippen LogP contribution in [0.15, 0.2) is 0 Å². The summed E-state index contributed by atoms with van der Waals surface area (Å²) >= 11 is 0. The smallest absolute Gasteiger partial charge is 0.310 e. The molecule has 23 heavy (non-hydrogen) atoms. The zero-order chi connectivity index (χ0) is 16.8. The lowest BCUT2D eigenvalue weighted by atomic mass is 9.80. The average Bonchev–Trinajstić information content (AvgIpc) is 3.01. The highest BCUT2D eigenvalue weighted by molar-refractivity contribution is 6.00. The quantitative estimate of drug-likeness (QED) is 0.889. The average molecular weight is 329 g/mol. The standard InChI is InChI=1S/C14H18F3N5O/c1-7-10-11(19-20-12(10)22(2)21-7)18-13(23)8-4-3-5-9(6-8)14(15,16)17/h8-9H,3-6H2,1-2H3,(H2,18,19,20,23)/t8-,9+/m1/s1. The number of H-pyrrole nitrogens is 1. The summed E-state index contributed by atoms with van der Waals surface area (Å²) in [6, 6.07) is 0. The van der Waals surface area contributed by atoms with Crippen molar-refractivity contribution in [3.63, 3.8) is 0 Å². The van der Waals surface area contributed by atoms with Crippen molar-refractivity contribution in [1.29, 1.82) is 0 Å². The van der Waals surface area contributed by atoms with Gasteiger partial charge in [0.1, 0.15) is 5.82 Å². The fraction of sp³-hybridized carbons (Fsp3) is 0.643. The van der Waals surface area contributed by atoms with Gasteiger partial charge in [-0.15, -0.1) is 0 Å². The van der Waals surface area contributed by atoms with E-state index in [9.17, 15) is 18.0 Å². The molecule has 0 unspecified atom stereocenters. The number of carbonyl (C=O) groups excluding carboxylic acids is 1. The van der Waals surface area contributed by atoms with Crippen LogP contribution in [0.25, 0.3) is 11.0 Å². The first kappa shape index (κ1) is 15.8. The van der Waals surface area contributed by atoms with E-state index in [1.165, 1.54) is 0 Å². The Morgan fingerprint density at radius 3 is 2.83 bits per heavy atom. The van der Waals surface area contributed by atoms with E-state index >= 15 is 0 Å². The Balaban J connectivity index is 1.76. The lowest BCUT2D eigenvalue weighted by Gasteiger charge is -2.29. The molecule has 3 rings (SSSR count). The van der Waals surface area contributed by atoms with Crippen LogP contribution in [0.2, 0.25) is 0 Å². The molecule has 1 saturated carbocycles. The number of fused-ring (bicyclic) bond motifs is 1.